The van der Waals surface area contributed by atoms with Gasteiger partial charge in [0.25, 0.3) is 0 Å². The minimum Gasteiger partial charge on any atom is -0.326 e. The summed E-state index contributed by atoms with van der Waals surface area (Å²) in [6.07, 6.45) is 0. The van der Waals surface area contributed by atoms with E-state index < -0.39 is 6.04 Å². The first kappa shape index (κ1) is 15.2. The Balaban J connectivity index is 2.98. The van der Waals surface area contributed by atoms with Crippen molar-refractivity contribution in [2.45, 2.75) is 39.7 Å². The van der Waals surface area contributed by atoms with Gasteiger partial charge in [-0.2, -0.15) is 5.26 Å². The van der Waals surface area contributed by atoms with Gasteiger partial charge in [0.2, 0.25) is 5.91 Å². The molecule has 3 heteroatoms. The molecule has 1 amide bonds. The molecule has 0 N–H and O–H groups in total. The lowest BCUT2D eigenvalue weighted by Gasteiger charge is -2.25. The van der Waals surface area contributed by atoms with Crippen molar-refractivity contribution in [2.75, 3.05) is 7.05 Å². The second-order valence-electron chi connectivity index (χ2n) is 5.46. The SMILES string of the molecule is CC(C)C(=O)N(C)C(C#N)c1ccc(C(C)C)cc1. The van der Waals surface area contributed by atoms with Gasteiger partial charge in [0.15, 0.2) is 0 Å². The molecule has 19 heavy (non-hydrogen) atoms. The second kappa shape index (κ2) is 6.38. The minimum absolute atomic E-state index is 0.0144. The Morgan fingerprint density at radius 3 is 1.95 bits per heavy atom. The minimum atomic E-state index is -0.517. The lowest BCUT2D eigenvalue weighted by Crippen LogP contribution is -2.33. The normalized spacial score (nSPS) is 12.3. The maximum absolute atomic E-state index is 12.0. The molecule has 0 saturated heterocycles. The number of carbonyl (C=O) groups is 1. The molecule has 0 aliphatic rings. The highest BCUT2D eigenvalue weighted by Gasteiger charge is 2.23. The summed E-state index contributed by atoms with van der Waals surface area (Å²) in [7, 11) is 1.69. The molecule has 1 aromatic carbocycles. The van der Waals surface area contributed by atoms with E-state index in [1.807, 2.05) is 38.1 Å². The number of rotatable bonds is 4. The third-order valence-corrected chi connectivity index (χ3v) is 3.27. The highest BCUT2D eigenvalue weighted by atomic mass is 16.2. The number of hydrogen-bond donors (Lipinski definition) is 0. The van der Waals surface area contributed by atoms with Crippen LogP contribution in [0.5, 0.6) is 0 Å². The summed E-state index contributed by atoms with van der Waals surface area (Å²) in [5, 5.41) is 9.32. The molecule has 102 valence electrons. The summed E-state index contributed by atoms with van der Waals surface area (Å²) in [6.45, 7) is 7.95. The smallest absolute Gasteiger partial charge is 0.226 e. The van der Waals surface area contributed by atoms with Crippen LogP contribution in [0.1, 0.15) is 50.8 Å². The van der Waals surface area contributed by atoms with Gasteiger partial charge in [-0.1, -0.05) is 52.0 Å². The highest BCUT2D eigenvalue weighted by molar-refractivity contribution is 5.78. The molecule has 1 unspecified atom stereocenters. The third kappa shape index (κ3) is 3.57. The van der Waals surface area contributed by atoms with Gasteiger partial charge in [-0.3, -0.25) is 4.79 Å². The van der Waals surface area contributed by atoms with E-state index in [0.29, 0.717) is 5.92 Å². The predicted molar refractivity (Wildman–Crippen MR) is 76.5 cm³/mol. The molecular formula is C16H22N2O. The van der Waals surface area contributed by atoms with Crippen LogP contribution in [-0.2, 0) is 4.79 Å². The van der Waals surface area contributed by atoms with Crippen LogP contribution in [0, 0.1) is 17.2 Å². The zero-order valence-electron chi connectivity index (χ0n) is 12.3. The fraction of sp³-hybridized carbons (Fsp3) is 0.500. The van der Waals surface area contributed by atoms with Crippen LogP contribution in [0.4, 0.5) is 0 Å². The quantitative estimate of drug-likeness (QED) is 0.829. The van der Waals surface area contributed by atoms with Crippen LogP contribution in [0.25, 0.3) is 0 Å². The van der Waals surface area contributed by atoms with Gasteiger partial charge in [-0.25, -0.2) is 0 Å². The average molecular weight is 258 g/mol. The molecule has 0 aromatic heterocycles. The van der Waals surface area contributed by atoms with Crippen molar-refractivity contribution < 1.29 is 4.79 Å². The predicted octanol–water partition coefficient (Wildman–Crippen LogP) is 3.49. The van der Waals surface area contributed by atoms with Crippen LogP contribution < -0.4 is 0 Å². The molecule has 0 saturated carbocycles. The first-order valence-electron chi connectivity index (χ1n) is 6.64. The maximum atomic E-state index is 12.0. The number of nitrogens with zero attached hydrogens (tertiary/aromatic N) is 2. The lowest BCUT2D eigenvalue weighted by molar-refractivity contribution is -0.134. The highest BCUT2D eigenvalue weighted by Crippen LogP contribution is 2.23. The van der Waals surface area contributed by atoms with Gasteiger partial charge in [-0.15, -0.1) is 0 Å². The van der Waals surface area contributed by atoms with Crippen molar-refractivity contribution in [1.82, 2.24) is 4.90 Å². The molecule has 0 aliphatic carbocycles. The number of nitriles is 1. The van der Waals surface area contributed by atoms with Crippen molar-refractivity contribution in [3.63, 3.8) is 0 Å². The summed E-state index contributed by atoms with van der Waals surface area (Å²) in [5.74, 6) is 0.347. The van der Waals surface area contributed by atoms with Crippen molar-refractivity contribution >= 4 is 5.91 Å². The largest absolute Gasteiger partial charge is 0.326 e. The zero-order chi connectivity index (χ0) is 14.6. The lowest BCUT2D eigenvalue weighted by atomic mass is 9.98. The van der Waals surface area contributed by atoms with Crippen LogP contribution in [0.3, 0.4) is 0 Å². The first-order chi connectivity index (χ1) is 8.88. The Morgan fingerprint density at radius 1 is 1.11 bits per heavy atom. The second-order valence-corrected chi connectivity index (χ2v) is 5.46. The molecule has 0 heterocycles. The Labute approximate surface area is 115 Å². The Bertz CT molecular complexity index is 469. The number of hydrogen-bond acceptors (Lipinski definition) is 2. The molecular weight excluding hydrogens is 236 g/mol. The van der Waals surface area contributed by atoms with Gasteiger partial charge in [0.05, 0.1) is 6.07 Å². The van der Waals surface area contributed by atoms with Crippen molar-refractivity contribution in [3.8, 4) is 6.07 Å². The maximum Gasteiger partial charge on any atom is 0.226 e. The fourth-order valence-corrected chi connectivity index (χ4v) is 1.98. The molecule has 0 bridgehead atoms. The van der Waals surface area contributed by atoms with Crippen LogP contribution in [-0.4, -0.2) is 17.9 Å². The van der Waals surface area contributed by atoms with Crippen LogP contribution in [0.15, 0.2) is 24.3 Å². The van der Waals surface area contributed by atoms with Gasteiger partial charge < -0.3 is 4.90 Å². The van der Waals surface area contributed by atoms with E-state index in [1.54, 1.807) is 7.05 Å². The summed E-state index contributed by atoms with van der Waals surface area (Å²) in [5.41, 5.74) is 2.10. The fourth-order valence-electron chi connectivity index (χ4n) is 1.98. The molecule has 1 rings (SSSR count). The topological polar surface area (TPSA) is 44.1 Å². The zero-order valence-corrected chi connectivity index (χ0v) is 12.3. The number of benzene rings is 1. The van der Waals surface area contributed by atoms with Gasteiger partial charge in [0, 0.05) is 13.0 Å². The van der Waals surface area contributed by atoms with E-state index in [9.17, 15) is 10.1 Å². The van der Waals surface area contributed by atoms with Crippen molar-refractivity contribution in [1.29, 1.82) is 5.26 Å². The van der Waals surface area contributed by atoms with Gasteiger partial charge in [0.1, 0.15) is 6.04 Å². The van der Waals surface area contributed by atoms with Crippen molar-refractivity contribution in [3.05, 3.63) is 35.4 Å². The Hall–Kier alpha value is -1.82. The summed E-state index contributed by atoms with van der Waals surface area (Å²) < 4.78 is 0. The molecule has 0 spiro atoms. The van der Waals surface area contributed by atoms with E-state index in [2.05, 4.69) is 19.9 Å². The Kier molecular flexibility index (Phi) is 5.11. The van der Waals surface area contributed by atoms with E-state index in [4.69, 9.17) is 0 Å². The third-order valence-electron chi connectivity index (χ3n) is 3.27. The average Bonchev–Trinajstić information content (AvgIpc) is 2.38. The van der Waals surface area contributed by atoms with Gasteiger partial charge in [-0.05, 0) is 17.0 Å². The standard InChI is InChI=1S/C16H22N2O/c1-11(2)13-6-8-14(9-7-13)15(10-17)18(5)16(19)12(3)4/h6-9,11-12,15H,1-5H3. The molecule has 1 atom stereocenters. The van der Waals surface area contributed by atoms with E-state index in [0.717, 1.165) is 5.56 Å². The van der Waals surface area contributed by atoms with Crippen molar-refractivity contribution in [2.24, 2.45) is 5.92 Å². The molecule has 0 fully saturated rings. The number of amides is 1. The Morgan fingerprint density at radius 2 is 1.58 bits per heavy atom. The van der Waals surface area contributed by atoms with Crippen LogP contribution >= 0.6 is 0 Å². The monoisotopic (exact) mass is 258 g/mol. The van der Waals surface area contributed by atoms with E-state index in [1.165, 1.54) is 10.5 Å². The summed E-state index contributed by atoms with van der Waals surface area (Å²) >= 11 is 0. The van der Waals surface area contributed by atoms with E-state index in [-0.39, 0.29) is 11.8 Å². The number of carbonyl (C=O) groups excluding carboxylic acids is 1. The molecule has 1 aromatic rings. The summed E-state index contributed by atoms with van der Waals surface area (Å²) in [4.78, 5) is 13.5. The van der Waals surface area contributed by atoms with Crippen LogP contribution in [0.2, 0.25) is 0 Å². The first-order valence-corrected chi connectivity index (χ1v) is 6.64. The molecule has 0 radical (unpaired) electrons. The van der Waals surface area contributed by atoms with E-state index >= 15 is 0 Å². The molecule has 0 aliphatic heterocycles. The van der Waals surface area contributed by atoms with Gasteiger partial charge >= 0.3 is 0 Å². The molecule has 3 nitrogen and oxygen atoms in total. The summed E-state index contributed by atoms with van der Waals surface area (Å²) in [6, 6.07) is 9.62.